The molecule has 4 rings (SSSR count). The first-order valence-electron chi connectivity index (χ1n) is 9.26. The highest BCUT2D eigenvalue weighted by Crippen LogP contribution is 2.38. The minimum atomic E-state index is -0.534. The lowest BCUT2D eigenvalue weighted by atomic mass is 9.85. The van der Waals surface area contributed by atoms with Gasteiger partial charge >= 0.3 is 0 Å². The van der Waals surface area contributed by atoms with Gasteiger partial charge in [-0.1, -0.05) is 47.1 Å². The van der Waals surface area contributed by atoms with E-state index in [1.165, 1.54) is 5.56 Å². The molecule has 3 aromatic rings. The first kappa shape index (κ1) is 18.6. The summed E-state index contributed by atoms with van der Waals surface area (Å²) in [5.41, 5.74) is 4.23. The summed E-state index contributed by atoms with van der Waals surface area (Å²) in [6, 6.07) is 15.3. The fourth-order valence-corrected chi connectivity index (χ4v) is 3.91. The average Bonchev–Trinajstić information content (AvgIpc) is 3.03. The molecule has 2 heterocycles. The van der Waals surface area contributed by atoms with Crippen LogP contribution < -0.4 is 5.32 Å². The molecule has 0 radical (unpaired) electrons. The van der Waals surface area contributed by atoms with Crippen molar-refractivity contribution in [3.8, 4) is 5.69 Å². The predicted octanol–water partition coefficient (Wildman–Crippen LogP) is 4.81. The Morgan fingerprint density at radius 1 is 1.18 bits per heavy atom. The lowest BCUT2D eigenvalue weighted by Gasteiger charge is -2.23. The van der Waals surface area contributed by atoms with E-state index in [9.17, 15) is 9.59 Å². The monoisotopic (exact) mass is 437 g/mol. The minimum absolute atomic E-state index is 0.0624. The van der Waals surface area contributed by atoms with Crippen molar-refractivity contribution in [2.45, 2.75) is 32.6 Å². The number of carbonyl (C=O) groups is 2. The van der Waals surface area contributed by atoms with E-state index in [2.05, 4.69) is 33.3 Å². The fraction of sp³-hybridized carbons (Fsp3) is 0.227. The molecule has 6 heteroatoms. The second-order valence-electron chi connectivity index (χ2n) is 6.96. The van der Waals surface area contributed by atoms with Crippen molar-refractivity contribution >= 4 is 33.4 Å². The highest BCUT2D eigenvalue weighted by Gasteiger charge is 2.36. The molecule has 1 aromatic heterocycles. The van der Waals surface area contributed by atoms with Gasteiger partial charge in [0.05, 0.1) is 17.3 Å². The van der Waals surface area contributed by atoms with E-state index in [1.807, 2.05) is 43.3 Å². The van der Waals surface area contributed by atoms with Crippen molar-refractivity contribution < 1.29 is 9.59 Å². The first-order chi connectivity index (χ1) is 13.5. The number of Topliss-reactive ketones (excluding diaryl/α,β-unsaturated/α-hetero) is 1. The van der Waals surface area contributed by atoms with Gasteiger partial charge < -0.3 is 5.32 Å². The molecule has 0 saturated heterocycles. The molecule has 1 atom stereocenters. The molecule has 142 valence electrons. The van der Waals surface area contributed by atoms with Crippen LogP contribution in [-0.4, -0.2) is 21.5 Å². The smallest absolute Gasteiger partial charge is 0.226 e. The molecule has 1 unspecified atom stereocenters. The van der Waals surface area contributed by atoms with Crippen LogP contribution >= 0.6 is 15.9 Å². The second-order valence-corrected chi connectivity index (χ2v) is 7.87. The van der Waals surface area contributed by atoms with Crippen LogP contribution in [0.3, 0.4) is 0 Å². The van der Waals surface area contributed by atoms with Crippen LogP contribution in [0.25, 0.3) is 5.69 Å². The van der Waals surface area contributed by atoms with Gasteiger partial charge in [0.2, 0.25) is 5.91 Å². The molecule has 1 amide bonds. The number of benzene rings is 2. The van der Waals surface area contributed by atoms with E-state index < -0.39 is 5.92 Å². The second kappa shape index (κ2) is 7.36. The zero-order valence-corrected chi connectivity index (χ0v) is 17.3. The van der Waals surface area contributed by atoms with E-state index in [4.69, 9.17) is 0 Å². The zero-order valence-electron chi connectivity index (χ0n) is 15.7. The molecule has 28 heavy (non-hydrogen) atoms. The third kappa shape index (κ3) is 3.29. The molecule has 0 spiro atoms. The molecule has 5 nitrogen and oxygen atoms in total. The van der Waals surface area contributed by atoms with Gasteiger partial charge in [0.15, 0.2) is 5.78 Å². The number of aryl methyl sites for hydroxylation is 2. The topological polar surface area (TPSA) is 64.0 Å². The SMILES string of the molecule is CCc1ccc(-n2nc(C)c3c2NC(=O)CC3C(=O)c2ccc(Br)cc2)cc1. The van der Waals surface area contributed by atoms with Crippen molar-refractivity contribution in [2.24, 2.45) is 0 Å². The summed E-state index contributed by atoms with van der Waals surface area (Å²) < 4.78 is 2.63. The Morgan fingerprint density at radius 2 is 1.86 bits per heavy atom. The van der Waals surface area contributed by atoms with Gasteiger partial charge in [-0.05, 0) is 43.2 Å². The summed E-state index contributed by atoms with van der Waals surface area (Å²) in [5.74, 6) is -0.177. The summed E-state index contributed by atoms with van der Waals surface area (Å²) in [4.78, 5) is 25.6. The summed E-state index contributed by atoms with van der Waals surface area (Å²) >= 11 is 3.39. The van der Waals surface area contributed by atoms with E-state index >= 15 is 0 Å². The third-order valence-electron chi connectivity index (χ3n) is 5.14. The maximum atomic E-state index is 13.2. The highest BCUT2D eigenvalue weighted by atomic mass is 79.9. The molecular weight excluding hydrogens is 418 g/mol. The van der Waals surface area contributed by atoms with Crippen molar-refractivity contribution in [3.63, 3.8) is 0 Å². The zero-order chi connectivity index (χ0) is 19.8. The number of halogens is 1. The number of rotatable bonds is 4. The van der Waals surface area contributed by atoms with Crippen LogP contribution in [0.2, 0.25) is 0 Å². The minimum Gasteiger partial charge on any atom is -0.310 e. The van der Waals surface area contributed by atoms with Gasteiger partial charge in [-0.15, -0.1) is 0 Å². The third-order valence-corrected chi connectivity index (χ3v) is 5.67. The van der Waals surface area contributed by atoms with Crippen LogP contribution in [0.1, 0.15) is 46.4 Å². The number of hydrogen-bond acceptors (Lipinski definition) is 3. The lowest BCUT2D eigenvalue weighted by Crippen LogP contribution is -2.28. The molecule has 0 fully saturated rings. The summed E-state index contributed by atoms with van der Waals surface area (Å²) in [6.07, 6.45) is 1.08. The Kier molecular flexibility index (Phi) is 4.89. The normalized spacial score (nSPS) is 15.8. The van der Waals surface area contributed by atoms with Crippen LogP contribution in [0.5, 0.6) is 0 Å². The molecule has 1 aliphatic heterocycles. The van der Waals surface area contributed by atoms with E-state index in [-0.39, 0.29) is 18.1 Å². The summed E-state index contributed by atoms with van der Waals surface area (Å²) in [5, 5.41) is 7.56. The Balaban J connectivity index is 1.78. The maximum absolute atomic E-state index is 13.2. The number of fused-ring (bicyclic) bond motifs is 1. The number of nitrogens with zero attached hydrogens (tertiary/aromatic N) is 2. The predicted molar refractivity (Wildman–Crippen MR) is 112 cm³/mol. The Bertz CT molecular complexity index is 1050. The fourth-order valence-electron chi connectivity index (χ4n) is 3.65. The number of aromatic nitrogens is 2. The van der Waals surface area contributed by atoms with Crippen LogP contribution in [0.15, 0.2) is 53.0 Å². The Labute approximate surface area is 171 Å². The van der Waals surface area contributed by atoms with E-state index in [1.54, 1.807) is 16.8 Å². The number of amides is 1. The van der Waals surface area contributed by atoms with Gasteiger partial charge in [0.1, 0.15) is 5.82 Å². The van der Waals surface area contributed by atoms with Crippen molar-refractivity contribution in [1.29, 1.82) is 0 Å². The molecule has 1 N–H and O–H groups in total. The van der Waals surface area contributed by atoms with E-state index in [0.717, 1.165) is 27.8 Å². The van der Waals surface area contributed by atoms with Gasteiger partial charge in [-0.3, -0.25) is 9.59 Å². The van der Waals surface area contributed by atoms with Gasteiger partial charge in [-0.2, -0.15) is 5.10 Å². The lowest BCUT2D eigenvalue weighted by molar-refractivity contribution is -0.116. The van der Waals surface area contributed by atoms with Crippen molar-refractivity contribution in [2.75, 3.05) is 5.32 Å². The number of anilines is 1. The Morgan fingerprint density at radius 3 is 2.50 bits per heavy atom. The van der Waals surface area contributed by atoms with Gasteiger partial charge in [0, 0.05) is 22.0 Å². The van der Waals surface area contributed by atoms with Crippen LogP contribution in [0.4, 0.5) is 5.82 Å². The van der Waals surface area contributed by atoms with E-state index in [0.29, 0.717) is 11.4 Å². The molecule has 2 aromatic carbocycles. The van der Waals surface area contributed by atoms with Gasteiger partial charge in [0.25, 0.3) is 0 Å². The maximum Gasteiger partial charge on any atom is 0.226 e. The molecule has 1 aliphatic rings. The average molecular weight is 438 g/mol. The summed E-state index contributed by atoms with van der Waals surface area (Å²) in [6.45, 7) is 3.99. The quantitative estimate of drug-likeness (QED) is 0.595. The van der Waals surface area contributed by atoms with Crippen molar-refractivity contribution in [3.05, 3.63) is 75.4 Å². The van der Waals surface area contributed by atoms with Crippen molar-refractivity contribution in [1.82, 2.24) is 9.78 Å². The van der Waals surface area contributed by atoms with Crippen LogP contribution in [0, 0.1) is 6.92 Å². The number of nitrogens with one attached hydrogen (secondary N) is 1. The standard InChI is InChI=1S/C22H20BrN3O2/c1-3-14-4-10-17(11-5-14)26-22-20(13(2)25-26)18(12-19(27)24-22)21(28)15-6-8-16(23)9-7-15/h4-11,18H,3,12H2,1-2H3,(H,24,27). The molecule has 0 bridgehead atoms. The first-order valence-corrected chi connectivity index (χ1v) is 10.1. The highest BCUT2D eigenvalue weighted by molar-refractivity contribution is 9.10. The Hall–Kier alpha value is -2.73. The molecule has 0 saturated carbocycles. The molecular formula is C22H20BrN3O2. The van der Waals surface area contributed by atoms with Crippen LogP contribution in [-0.2, 0) is 11.2 Å². The number of ketones is 1. The number of carbonyl (C=O) groups excluding carboxylic acids is 2. The number of hydrogen-bond donors (Lipinski definition) is 1. The molecule has 0 aliphatic carbocycles. The largest absolute Gasteiger partial charge is 0.310 e. The summed E-state index contributed by atoms with van der Waals surface area (Å²) in [7, 11) is 0. The van der Waals surface area contributed by atoms with Gasteiger partial charge in [-0.25, -0.2) is 4.68 Å².